The molecule has 2 heterocycles. The van der Waals surface area contributed by atoms with Crippen molar-refractivity contribution >= 4 is 22.6 Å². The van der Waals surface area contributed by atoms with Gasteiger partial charge in [0.2, 0.25) is 0 Å². The molecule has 1 aliphatic heterocycles. The second-order valence-corrected chi connectivity index (χ2v) is 4.74. The third-order valence-corrected chi connectivity index (χ3v) is 3.57. The monoisotopic (exact) mass is 236 g/mol. The van der Waals surface area contributed by atoms with Crippen LogP contribution in [0.4, 0.5) is 0 Å². The fourth-order valence-electron chi connectivity index (χ4n) is 2.35. The summed E-state index contributed by atoms with van der Waals surface area (Å²) < 4.78 is 10.9. The molecule has 0 bridgehead atoms. The second kappa shape index (κ2) is 3.79. The first-order valence-corrected chi connectivity index (χ1v) is 6.00. The van der Waals surface area contributed by atoms with Crippen LogP contribution in [0.3, 0.4) is 0 Å². The molecule has 16 heavy (non-hydrogen) atoms. The van der Waals surface area contributed by atoms with E-state index >= 15 is 0 Å². The minimum absolute atomic E-state index is 0.0777. The highest BCUT2D eigenvalue weighted by Crippen LogP contribution is 2.40. The van der Waals surface area contributed by atoms with E-state index in [4.69, 9.17) is 20.8 Å². The number of ether oxygens (including phenoxy) is 1. The molecule has 1 aromatic carbocycles. The molecule has 0 aliphatic carbocycles. The minimum atomic E-state index is 0.0777. The molecular weight excluding hydrogens is 224 g/mol. The Labute approximate surface area is 99.1 Å². The predicted octanol–water partition coefficient (Wildman–Crippen LogP) is 3.33. The van der Waals surface area contributed by atoms with Crippen molar-refractivity contribution in [3.05, 3.63) is 36.1 Å². The van der Waals surface area contributed by atoms with Gasteiger partial charge in [-0.05, 0) is 12.5 Å². The van der Waals surface area contributed by atoms with Crippen molar-refractivity contribution in [2.75, 3.05) is 19.1 Å². The first-order chi connectivity index (χ1) is 7.86. The van der Waals surface area contributed by atoms with Gasteiger partial charge in [0, 0.05) is 22.2 Å². The second-order valence-electron chi connectivity index (χ2n) is 4.36. The summed E-state index contributed by atoms with van der Waals surface area (Å²) >= 11 is 5.88. The molecule has 0 saturated carbocycles. The summed E-state index contributed by atoms with van der Waals surface area (Å²) in [4.78, 5) is 0. The van der Waals surface area contributed by atoms with Gasteiger partial charge in [-0.15, -0.1) is 11.6 Å². The summed E-state index contributed by atoms with van der Waals surface area (Å²) in [6, 6.07) is 8.12. The van der Waals surface area contributed by atoms with Gasteiger partial charge in [0.25, 0.3) is 0 Å². The lowest BCUT2D eigenvalue weighted by molar-refractivity contribution is -0.0611. The standard InChI is InChI=1S/C13H13ClO2/c14-6-5-13(8-15-9-13)11-7-16-12-4-2-1-3-10(11)12/h1-4,7H,5-6,8-9H2. The average Bonchev–Trinajstić information content (AvgIpc) is 2.68. The number of fused-ring (bicyclic) bond motifs is 1. The molecule has 2 aromatic rings. The number of hydrogen-bond donors (Lipinski definition) is 0. The van der Waals surface area contributed by atoms with Gasteiger partial charge in [0.15, 0.2) is 0 Å². The molecule has 0 atom stereocenters. The first-order valence-electron chi connectivity index (χ1n) is 5.46. The van der Waals surface area contributed by atoms with E-state index in [0.29, 0.717) is 5.88 Å². The molecule has 1 saturated heterocycles. The highest BCUT2D eigenvalue weighted by atomic mass is 35.5. The lowest BCUT2D eigenvalue weighted by Gasteiger charge is -2.40. The maximum Gasteiger partial charge on any atom is 0.134 e. The third-order valence-electron chi connectivity index (χ3n) is 3.38. The minimum Gasteiger partial charge on any atom is -0.464 e. The van der Waals surface area contributed by atoms with E-state index in [1.165, 1.54) is 10.9 Å². The van der Waals surface area contributed by atoms with Gasteiger partial charge < -0.3 is 9.15 Å². The van der Waals surface area contributed by atoms with Gasteiger partial charge in [0.1, 0.15) is 5.58 Å². The van der Waals surface area contributed by atoms with Crippen LogP contribution in [-0.2, 0) is 10.2 Å². The third kappa shape index (κ3) is 1.37. The Kier molecular flexibility index (Phi) is 2.41. The van der Waals surface area contributed by atoms with Crippen LogP contribution >= 0.6 is 11.6 Å². The van der Waals surface area contributed by atoms with Crippen molar-refractivity contribution in [3.8, 4) is 0 Å². The van der Waals surface area contributed by atoms with E-state index in [1.807, 2.05) is 24.5 Å². The summed E-state index contributed by atoms with van der Waals surface area (Å²) in [5.74, 6) is 0.656. The van der Waals surface area contributed by atoms with Crippen LogP contribution in [0.2, 0.25) is 0 Å². The van der Waals surface area contributed by atoms with Crippen molar-refractivity contribution in [2.24, 2.45) is 0 Å². The van der Waals surface area contributed by atoms with Crippen molar-refractivity contribution in [2.45, 2.75) is 11.8 Å². The molecule has 0 amide bonds. The van der Waals surface area contributed by atoms with Gasteiger partial charge in [0.05, 0.1) is 19.5 Å². The molecule has 2 nitrogen and oxygen atoms in total. The van der Waals surface area contributed by atoms with Crippen LogP contribution in [0.25, 0.3) is 11.0 Å². The molecule has 84 valence electrons. The Hall–Kier alpha value is -0.990. The van der Waals surface area contributed by atoms with Crippen LogP contribution in [0.5, 0.6) is 0 Å². The SMILES string of the molecule is ClCCC1(c2coc3ccccc23)COC1. The van der Waals surface area contributed by atoms with Gasteiger partial charge >= 0.3 is 0 Å². The Balaban J connectivity index is 2.10. The molecule has 3 heteroatoms. The molecule has 3 rings (SSSR count). The van der Waals surface area contributed by atoms with Gasteiger partial charge in [-0.1, -0.05) is 18.2 Å². The molecule has 1 fully saturated rings. The largest absolute Gasteiger partial charge is 0.464 e. The van der Waals surface area contributed by atoms with E-state index in [-0.39, 0.29) is 5.41 Å². The van der Waals surface area contributed by atoms with Gasteiger partial charge in [-0.3, -0.25) is 0 Å². The van der Waals surface area contributed by atoms with Gasteiger partial charge in [-0.2, -0.15) is 0 Å². The lowest BCUT2D eigenvalue weighted by Crippen LogP contribution is -2.46. The summed E-state index contributed by atoms with van der Waals surface area (Å²) in [7, 11) is 0. The smallest absolute Gasteiger partial charge is 0.134 e. The van der Waals surface area contributed by atoms with E-state index < -0.39 is 0 Å². The maximum atomic E-state index is 5.88. The Morgan fingerprint density at radius 3 is 2.75 bits per heavy atom. The number of alkyl halides is 1. The van der Waals surface area contributed by atoms with Crippen LogP contribution in [0, 0.1) is 0 Å². The van der Waals surface area contributed by atoms with Crippen molar-refractivity contribution in [1.29, 1.82) is 0 Å². The van der Waals surface area contributed by atoms with Crippen LogP contribution in [0.15, 0.2) is 34.9 Å². The van der Waals surface area contributed by atoms with Crippen molar-refractivity contribution in [1.82, 2.24) is 0 Å². The normalized spacial score (nSPS) is 18.6. The van der Waals surface area contributed by atoms with Crippen LogP contribution < -0.4 is 0 Å². The first kappa shape index (κ1) is 10.2. The molecule has 0 spiro atoms. The fourth-order valence-corrected chi connectivity index (χ4v) is 2.71. The topological polar surface area (TPSA) is 22.4 Å². The van der Waals surface area contributed by atoms with E-state index in [0.717, 1.165) is 25.2 Å². The van der Waals surface area contributed by atoms with Crippen LogP contribution in [-0.4, -0.2) is 19.1 Å². The van der Waals surface area contributed by atoms with Gasteiger partial charge in [-0.25, -0.2) is 0 Å². The molecule has 0 radical (unpaired) electrons. The van der Waals surface area contributed by atoms with Crippen molar-refractivity contribution < 1.29 is 9.15 Å². The molecule has 1 aliphatic rings. The number of para-hydroxylation sites is 1. The molecule has 0 unspecified atom stereocenters. The summed E-state index contributed by atoms with van der Waals surface area (Å²) in [6.07, 6.45) is 2.80. The number of furan rings is 1. The zero-order chi connectivity index (χ0) is 11.0. The maximum absolute atomic E-state index is 5.88. The number of rotatable bonds is 3. The predicted molar refractivity (Wildman–Crippen MR) is 64.0 cm³/mol. The fraction of sp³-hybridized carbons (Fsp3) is 0.385. The van der Waals surface area contributed by atoms with Crippen molar-refractivity contribution in [3.63, 3.8) is 0 Å². The van der Waals surface area contributed by atoms with Crippen LogP contribution in [0.1, 0.15) is 12.0 Å². The highest BCUT2D eigenvalue weighted by molar-refractivity contribution is 6.17. The summed E-state index contributed by atoms with van der Waals surface area (Å²) in [5, 5.41) is 1.19. The van der Waals surface area contributed by atoms with E-state index in [2.05, 4.69) is 6.07 Å². The summed E-state index contributed by atoms with van der Waals surface area (Å²) in [5.41, 5.74) is 2.27. The number of hydrogen-bond acceptors (Lipinski definition) is 2. The Bertz CT molecular complexity index is 499. The summed E-state index contributed by atoms with van der Waals surface area (Å²) in [6.45, 7) is 1.51. The number of benzene rings is 1. The zero-order valence-corrected chi connectivity index (χ0v) is 9.67. The quantitative estimate of drug-likeness (QED) is 0.763. The van der Waals surface area contributed by atoms with E-state index in [9.17, 15) is 0 Å². The molecule has 0 N–H and O–H groups in total. The highest BCUT2D eigenvalue weighted by Gasteiger charge is 2.41. The zero-order valence-electron chi connectivity index (χ0n) is 8.91. The number of halogens is 1. The lowest BCUT2D eigenvalue weighted by atomic mass is 9.76. The molecule has 1 aromatic heterocycles. The average molecular weight is 237 g/mol. The Morgan fingerprint density at radius 2 is 2.06 bits per heavy atom. The molecular formula is C13H13ClO2. The van der Waals surface area contributed by atoms with E-state index in [1.54, 1.807) is 0 Å². The Morgan fingerprint density at radius 1 is 1.25 bits per heavy atom.